The summed E-state index contributed by atoms with van der Waals surface area (Å²) in [6.07, 6.45) is 8.59. The molecule has 0 spiro atoms. The molecule has 0 saturated heterocycles. The molecule has 0 amide bonds. The quantitative estimate of drug-likeness (QED) is 0.389. The molecule has 0 aromatic rings. The standard InChI is InChI=1S/C17H39P3/c1-10-18(11-2)17(16(7,8)9,19(12-3)13-4)20(14-5)15-6/h10-15H2,1-9H3. The van der Waals surface area contributed by atoms with Crippen molar-refractivity contribution in [2.45, 2.75) is 67.0 Å². The van der Waals surface area contributed by atoms with Crippen LogP contribution in [0.15, 0.2) is 0 Å². The molecule has 122 valence electrons. The first-order valence-corrected chi connectivity index (χ1v) is 13.7. The minimum absolute atomic E-state index is 0.164. The van der Waals surface area contributed by atoms with Crippen LogP contribution in [-0.4, -0.2) is 41.6 Å². The Morgan fingerprint density at radius 1 is 0.500 bits per heavy atom. The zero-order valence-electron chi connectivity index (χ0n) is 15.6. The Morgan fingerprint density at radius 3 is 0.800 bits per heavy atom. The van der Waals surface area contributed by atoms with Crippen LogP contribution in [-0.2, 0) is 0 Å². The summed E-state index contributed by atoms with van der Waals surface area (Å²) in [5.41, 5.74) is 0.472. The van der Waals surface area contributed by atoms with Gasteiger partial charge in [-0.15, -0.1) is 0 Å². The molecule has 0 rings (SSSR count). The molecule has 0 aromatic heterocycles. The molecule has 0 aliphatic rings. The van der Waals surface area contributed by atoms with Crippen molar-refractivity contribution in [1.29, 1.82) is 0 Å². The third kappa shape index (κ3) is 3.98. The Balaban J connectivity index is 6.15. The van der Waals surface area contributed by atoms with Gasteiger partial charge in [0.05, 0.1) is 0 Å². The van der Waals surface area contributed by atoms with E-state index in [-0.39, 0.29) is 23.8 Å². The summed E-state index contributed by atoms with van der Waals surface area (Å²) >= 11 is 0. The molecule has 0 aromatic carbocycles. The van der Waals surface area contributed by atoms with Crippen molar-refractivity contribution in [2.24, 2.45) is 5.41 Å². The molecule has 0 aliphatic carbocycles. The second kappa shape index (κ2) is 9.43. The first-order chi connectivity index (χ1) is 9.31. The largest absolute Gasteiger partial charge is 0.0913 e. The molecule has 0 heterocycles. The SMILES string of the molecule is CCP(CC)C(P(CC)CC)(P(CC)CC)C(C)(C)C. The summed E-state index contributed by atoms with van der Waals surface area (Å²) in [6.45, 7) is 22.5. The average molecular weight is 336 g/mol. The topological polar surface area (TPSA) is 0 Å². The van der Waals surface area contributed by atoms with Crippen molar-refractivity contribution in [1.82, 2.24) is 0 Å². The van der Waals surface area contributed by atoms with Crippen LogP contribution >= 0.6 is 23.8 Å². The molecule has 0 bridgehead atoms. The molecule has 0 atom stereocenters. The molecule has 3 heteroatoms. The van der Waals surface area contributed by atoms with Crippen molar-refractivity contribution in [2.75, 3.05) is 37.0 Å². The second-order valence-electron chi connectivity index (χ2n) is 6.40. The maximum Gasteiger partial charge on any atom is 0.0348 e. The first kappa shape index (κ1) is 21.3. The predicted molar refractivity (Wildman–Crippen MR) is 106 cm³/mol. The molecule has 0 N–H and O–H groups in total. The zero-order valence-corrected chi connectivity index (χ0v) is 18.3. The highest BCUT2D eigenvalue weighted by Crippen LogP contribution is 2.84. The molecular weight excluding hydrogens is 297 g/mol. The smallest absolute Gasteiger partial charge is 0.0348 e. The Labute approximate surface area is 133 Å². The lowest BCUT2D eigenvalue weighted by Gasteiger charge is -2.59. The van der Waals surface area contributed by atoms with E-state index in [4.69, 9.17) is 0 Å². The first-order valence-electron chi connectivity index (χ1n) is 8.56. The Hall–Kier alpha value is 1.29. The summed E-state index contributed by atoms with van der Waals surface area (Å²) in [5, 5.41) is 0. The highest BCUT2D eigenvalue weighted by Gasteiger charge is 2.53. The Morgan fingerprint density at radius 2 is 0.700 bits per heavy atom. The van der Waals surface area contributed by atoms with E-state index in [0.29, 0.717) is 10.1 Å². The van der Waals surface area contributed by atoms with E-state index >= 15 is 0 Å². The summed E-state index contributed by atoms with van der Waals surface area (Å²) in [4.78, 5) is 0. The van der Waals surface area contributed by atoms with E-state index in [1.54, 1.807) is 0 Å². The lowest BCUT2D eigenvalue weighted by atomic mass is 9.99. The minimum atomic E-state index is 0.164. The van der Waals surface area contributed by atoms with Gasteiger partial charge in [0.15, 0.2) is 0 Å². The van der Waals surface area contributed by atoms with Crippen molar-refractivity contribution >= 4 is 23.8 Å². The zero-order chi connectivity index (χ0) is 16.0. The molecule has 0 saturated carbocycles. The summed E-state index contributed by atoms with van der Waals surface area (Å²) in [7, 11) is 0.491. The van der Waals surface area contributed by atoms with E-state index < -0.39 is 0 Å². The van der Waals surface area contributed by atoms with Crippen molar-refractivity contribution in [3.8, 4) is 0 Å². The van der Waals surface area contributed by atoms with Crippen LogP contribution in [0, 0.1) is 5.41 Å². The summed E-state index contributed by atoms with van der Waals surface area (Å²) in [6, 6.07) is 0. The van der Waals surface area contributed by atoms with Gasteiger partial charge in [0, 0.05) is 4.64 Å². The summed E-state index contributed by atoms with van der Waals surface area (Å²) in [5.74, 6) is 0. The Bertz CT molecular complexity index is 214. The van der Waals surface area contributed by atoms with Crippen LogP contribution in [0.2, 0.25) is 0 Å². The third-order valence-electron chi connectivity index (χ3n) is 4.62. The van der Waals surface area contributed by atoms with Gasteiger partial charge < -0.3 is 0 Å². The fourth-order valence-corrected chi connectivity index (χ4v) is 20.7. The minimum Gasteiger partial charge on any atom is -0.0913 e. The van der Waals surface area contributed by atoms with Gasteiger partial charge in [0.1, 0.15) is 0 Å². The van der Waals surface area contributed by atoms with E-state index in [1.165, 1.54) is 37.0 Å². The van der Waals surface area contributed by atoms with E-state index in [0.717, 1.165) is 0 Å². The van der Waals surface area contributed by atoms with Gasteiger partial charge in [-0.2, -0.15) is 0 Å². The van der Waals surface area contributed by atoms with Gasteiger partial charge in [-0.25, -0.2) is 0 Å². The number of hydrogen-bond donors (Lipinski definition) is 0. The maximum absolute atomic E-state index is 2.56. The molecular formula is C17H39P3. The van der Waals surface area contributed by atoms with E-state index in [9.17, 15) is 0 Å². The number of hydrogen-bond acceptors (Lipinski definition) is 0. The maximum atomic E-state index is 2.56. The average Bonchev–Trinajstić information content (AvgIpc) is 2.40. The predicted octanol–water partition coefficient (Wildman–Crippen LogP) is 7.25. The van der Waals surface area contributed by atoms with Crippen LogP contribution in [0.1, 0.15) is 62.3 Å². The molecule has 0 unspecified atom stereocenters. The lowest BCUT2D eigenvalue weighted by Crippen LogP contribution is -2.40. The highest BCUT2D eigenvalue weighted by molar-refractivity contribution is 7.93. The van der Waals surface area contributed by atoms with Crippen LogP contribution in [0.4, 0.5) is 0 Å². The van der Waals surface area contributed by atoms with E-state index in [2.05, 4.69) is 62.3 Å². The van der Waals surface area contributed by atoms with Crippen LogP contribution < -0.4 is 0 Å². The van der Waals surface area contributed by atoms with Crippen LogP contribution in [0.25, 0.3) is 0 Å². The number of rotatable bonds is 9. The van der Waals surface area contributed by atoms with Gasteiger partial charge in [-0.3, -0.25) is 0 Å². The monoisotopic (exact) mass is 336 g/mol. The lowest BCUT2D eigenvalue weighted by molar-refractivity contribution is 0.423. The fraction of sp³-hybridized carbons (Fsp3) is 1.00. The van der Waals surface area contributed by atoms with Gasteiger partial charge in [0.25, 0.3) is 0 Å². The molecule has 0 fully saturated rings. The molecule has 0 aliphatic heterocycles. The normalized spacial score (nSPS) is 13.8. The van der Waals surface area contributed by atoms with Gasteiger partial charge in [0.2, 0.25) is 0 Å². The van der Waals surface area contributed by atoms with Gasteiger partial charge in [-0.05, 0) is 42.4 Å². The highest BCUT2D eigenvalue weighted by atomic mass is 31.2. The molecule has 0 radical (unpaired) electrons. The van der Waals surface area contributed by atoms with E-state index in [1.807, 2.05) is 0 Å². The second-order valence-corrected chi connectivity index (χ2v) is 16.5. The van der Waals surface area contributed by atoms with Crippen LogP contribution in [0.3, 0.4) is 0 Å². The Kier molecular flexibility index (Phi) is 10.0. The third-order valence-corrected chi connectivity index (χ3v) is 18.9. The molecule has 20 heavy (non-hydrogen) atoms. The van der Waals surface area contributed by atoms with Crippen LogP contribution in [0.5, 0.6) is 0 Å². The van der Waals surface area contributed by atoms with Gasteiger partial charge >= 0.3 is 0 Å². The fourth-order valence-electron chi connectivity index (χ4n) is 4.02. The summed E-state index contributed by atoms with van der Waals surface area (Å²) < 4.78 is 0.684. The molecule has 0 nitrogen and oxygen atoms in total. The van der Waals surface area contributed by atoms with Crippen molar-refractivity contribution in [3.05, 3.63) is 0 Å². The van der Waals surface area contributed by atoms with Crippen molar-refractivity contribution < 1.29 is 0 Å². The van der Waals surface area contributed by atoms with Gasteiger partial charge in [-0.1, -0.05) is 86.1 Å². The van der Waals surface area contributed by atoms with Crippen molar-refractivity contribution in [3.63, 3.8) is 0 Å².